The van der Waals surface area contributed by atoms with Crippen LogP contribution in [0.3, 0.4) is 0 Å². The van der Waals surface area contributed by atoms with Crippen molar-refractivity contribution in [2.24, 2.45) is 5.92 Å². The van der Waals surface area contributed by atoms with Gasteiger partial charge in [0.1, 0.15) is 16.8 Å². The molecular formula is C26H27N3OS. The van der Waals surface area contributed by atoms with Crippen LogP contribution in [0.25, 0.3) is 21.0 Å². The van der Waals surface area contributed by atoms with Gasteiger partial charge in [0, 0.05) is 17.8 Å². The van der Waals surface area contributed by atoms with Crippen molar-refractivity contribution in [3.63, 3.8) is 0 Å². The fraction of sp³-hybridized carbons (Fsp3) is 0.385. The number of hydrogen-bond donors (Lipinski definition) is 1. The molecule has 3 aromatic rings. The third-order valence-corrected chi connectivity index (χ3v) is 7.18. The molecule has 1 aromatic heterocycles. The molecule has 0 amide bonds. The highest BCUT2D eigenvalue weighted by molar-refractivity contribution is 7.18. The van der Waals surface area contributed by atoms with E-state index >= 15 is 0 Å². The number of ether oxygens (including phenoxy) is 1. The number of nitrogens with zero attached hydrogens (tertiary/aromatic N) is 2. The van der Waals surface area contributed by atoms with Gasteiger partial charge in [-0.05, 0) is 86.9 Å². The van der Waals surface area contributed by atoms with Crippen molar-refractivity contribution < 1.29 is 4.74 Å². The summed E-state index contributed by atoms with van der Waals surface area (Å²) in [5.41, 5.74) is 5.73. The Morgan fingerprint density at radius 1 is 1.23 bits per heavy atom. The number of aromatic nitrogens is 1. The van der Waals surface area contributed by atoms with Gasteiger partial charge in [0.15, 0.2) is 0 Å². The van der Waals surface area contributed by atoms with Gasteiger partial charge in [0.05, 0.1) is 16.5 Å². The minimum atomic E-state index is 0.0344. The zero-order valence-electron chi connectivity index (χ0n) is 18.0. The summed E-state index contributed by atoms with van der Waals surface area (Å²) < 4.78 is 5.76. The normalized spacial score (nSPS) is 17.5. The summed E-state index contributed by atoms with van der Waals surface area (Å²) in [6.45, 7) is 5.08. The second kappa shape index (κ2) is 8.45. The van der Waals surface area contributed by atoms with Crippen molar-refractivity contribution in [1.29, 1.82) is 5.26 Å². The highest BCUT2D eigenvalue weighted by Gasteiger charge is 2.28. The predicted octanol–water partition coefficient (Wildman–Crippen LogP) is 6.12. The molecule has 2 aliphatic rings. The van der Waals surface area contributed by atoms with Gasteiger partial charge in [-0.3, -0.25) is 0 Å². The van der Waals surface area contributed by atoms with E-state index in [1.807, 2.05) is 38.2 Å². The van der Waals surface area contributed by atoms with Crippen LogP contribution >= 0.6 is 11.3 Å². The molecule has 1 heterocycles. The first-order chi connectivity index (χ1) is 15.1. The molecule has 0 spiro atoms. The second-order valence-electron chi connectivity index (χ2n) is 8.84. The van der Waals surface area contributed by atoms with Gasteiger partial charge >= 0.3 is 0 Å². The number of fused-ring (bicyclic) bond motifs is 1. The largest absolute Gasteiger partial charge is 0.490 e. The highest BCUT2D eigenvalue weighted by Crippen LogP contribution is 2.41. The summed E-state index contributed by atoms with van der Waals surface area (Å²) in [5, 5.41) is 14.3. The molecule has 5 heteroatoms. The maximum absolute atomic E-state index is 9.55. The van der Waals surface area contributed by atoms with Crippen LogP contribution in [0.5, 0.6) is 5.75 Å². The van der Waals surface area contributed by atoms with Gasteiger partial charge < -0.3 is 10.1 Å². The number of hydrogen-bond acceptors (Lipinski definition) is 5. The quantitative estimate of drug-likeness (QED) is 0.491. The van der Waals surface area contributed by atoms with Crippen molar-refractivity contribution in [3.05, 3.63) is 59.3 Å². The zero-order chi connectivity index (χ0) is 21.4. The number of nitriles is 1. The monoisotopic (exact) mass is 429 g/mol. The van der Waals surface area contributed by atoms with Crippen LogP contribution in [0.4, 0.5) is 0 Å². The van der Waals surface area contributed by atoms with Crippen LogP contribution in [0, 0.1) is 17.2 Å². The lowest BCUT2D eigenvalue weighted by molar-refractivity contribution is 0.242. The lowest BCUT2D eigenvalue weighted by Gasteiger charge is -2.14. The van der Waals surface area contributed by atoms with Gasteiger partial charge in [0.2, 0.25) is 0 Å². The van der Waals surface area contributed by atoms with Gasteiger partial charge in [-0.1, -0.05) is 18.2 Å². The third kappa shape index (κ3) is 4.23. The number of thiazole rings is 1. The summed E-state index contributed by atoms with van der Waals surface area (Å²) in [6, 6.07) is 15.2. The van der Waals surface area contributed by atoms with Gasteiger partial charge in [-0.25, -0.2) is 4.98 Å². The first-order valence-corrected chi connectivity index (χ1v) is 12.0. The predicted molar refractivity (Wildman–Crippen MR) is 125 cm³/mol. The zero-order valence-corrected chi connectivity index (χ0v) is 18.8. The van der Waals surface area contributed by atoms with Crippen molar-refractivity contribution in [3.8, 4) is 32.8 Å². The second-order valence-corrected chi connectivity index (χ2v) is 9.87. The van der Waals surface area contributed by atoms with E-state index in [4.69, 9.17) is 9.72 Å². The molecule has 1 fully saturated rings. The molecule has 0 radical (unpaired) electrons. The molecule has 2 aromatic carbocycles. The van der Waals surface area contributed by atoms with Crippen LogP contribution in [-0.2, 0) is 6.42 Å². The average molecular weight is 430 g/mol. The Balaban J connectivity index is 1.41. The molecule has 1 unspecified atom stereocenters. The Bertz CT molecular complexity index is 1140. The minimum absolute atomic E-state index is 0.0344. The molecule has 1 saturated carbocycles. The average Bonchev–Trinajstić information content (AvgIpc) is 3.31. The van der Waals surface area contributed by atoms with E-state index in [9.17, 15) is 5.26 Å². The van der Waals surface area contributed by atoms with Crippen molar-refractivity contribution in [2.45, 2.75) is 51.7 Å². The molecule has 2 aliphatic carbocycles. The summed E-state index contributed by atoms with van der Waals surface area (Å²) >= 11 is 1.69. The van der Waals surface area contributed by atoms with E-state index in [2.05, 4.69) is 29.6 Å². The first kappa shape index (κ1) is 20.2. The Morgan fingerprint density at radius 3 is 2.87 bits per heavy atom. The number of rotatable bonds is 7. The van der Waals surface area contributed by atoms with Crippen molar-refractivity contribution in [1.82, 2.24) is 10.3 Å². The molecule has 1 atom stereocenters. The molecule has 0 saturated heterocycles. The molecule has 5 rings (SSSR count). The van der Waals surface area contributed by atoms with Crippen LogP contribution in [0.15, 0.2) is 42.6 Å². The maximum Gasteiger partial charge on any atom is 0.137 e. The Morgan fingerprint density at radius 2 is 2.10 bits per heavy atom. The lowest BCUT2D eigenvalue weighted by Crippen LogP contribution is -2.21. The van der Waals surface area contributed by atoms with E-state index in [1.165, 1.54) is 40.8 Å². The summed E-state index contributed by atoms with van der Waals surface area (Å²) in [5.74, 6) is 1.52. The molecule has 1 N–H and O–H groups in total. The van der Waals surface area contributed by atoms with Crippen LogP contribution in [0.2, 0.25) is 0 Å². The smallest absolute Gasteiger partial charge is 0.137 e. The Labute approximate surface area is 187 Å². The molecule has 31 heavy (non-hydrogen) atoms. The first-order valence-electron chi connectivity index (χ1n) is 11.1. The van der Waals surface area contributed by atoms with Gasteiger partial charge in [0.25, 0.3) is 0 Å². The standard InChI is InChI=1S/C26H27N3OS/c1-16(2)30-24-11-8-18(12-19(24)13-27)26-29-15-25(31-26)22-5-3-4-21-20(22)9-10-23(21)28-14-17-6-7-17/h3-5,8,11-12,15-17,23,28H,6-7,9-10,14H2,1-2H3. The molecule has 0 bridgehead atoms. The fourth-order valence-electron chi connectivity index (χ4n) is 4.37. The van der Waals surface area contributed by atoms with Crippen molar-refractivity contribution >= 4 is 11.3 Å². The molecule has 4 nitrogen and oxygen atoms in total. The SMILES string of the molecule is CC(C)Oc1ccc(-c2ncc(-c3cccc4c3CCC4NCC3CC3)s2)cc1C#N. The summed E-state index contributed by atoms with van der Waals surface area (Å²) in [6.07, 6.45) is 7.06. The summed E-state index contributed by atoms with van der Waals surface area (Å²) in [7, 11) is 0. The molecule has 158 valence electrons. The third-order valence-electron chi connectivity index (χ3n) is 6.10. The van der Waals surface area contributed by atoms with E-state index in [1.54, 1.807) is 11.3 Å². The maximum atomic E-state index is 9.55. The Hall–Kier alpha value is -2.68. The van der Waals surface area contributed by atoms with Crippen molar-refractivity contribution in [2.75, 3.05) is 6.54 Å². The Kier molecular flexibility index (Phi) is 5.52. The van der Waals surface area contributed by atoms with Crippen LogP contribution in [0.1, 0.15) is 55.8 Å². The van der Waals surface area contributed by atoms with E-state index in [0.717, 1.165) is 29.5 Å². The molecule has 0 aliphatic heterocycles. The fourth-order valence-corrected chi connectivity index (χ4v) is 5.33. The summed E-state index contributed by atoms with van der Waals surface area (Å²) in [4.78, 5) is 5.88. The van der Waals surface area contributed by atoms with Crippen LogP contribution < -0.4 is 10.1 Å². The topological polar surface area (TPSA) is 57.9 Å². The van der Waals surface area contributed by atoms with Gasteiger partial charge in [-0.2, -0.15) is 5.26 Å². The van der Waals surface area contributed by atoms with Gasteiger partial charge in [-0.15, -0.1) is 11.3 Å². The number of nitrogens with one attached hydrogen (secondary N) is 1. The highest BCUT2D eigenvalue weighted by atomic mass is 32.1. The molecular weight excluding hydrogens is 402 g/mol. The lowest BCUT2D eigenvalue weighted by atomic mass is 10.0. The van der Waals surface area contributed by atoms with E-state index in [-0.39, 0.29) is 6.10 Å². The van der Waals surface area contributed by atoms with E-state index < -0.39 is 0 Å². The number of benzene rings is 2. The van der Waals surface area contributed by atoms with E-state index in [0.29, 0.717) is 17.4 Å². The minimum Gasteiger partial charge on any atom is -0.490 e. The van der Waals surface area contributed by atoms with Crippen LogP contribution in [-0.4, -0.2) is 17.6 Å².